The van der Waals surface area contributed by atoms with Gasteiger partial charge < -0.3 is 0 Å². The van der Waals surface area contributed by atoms with E-state index in [0.717, 1.165) is 28.5 Å². The summed E-state index contributed by atoms with van der Waals surface area (Å²) < 4.78 is 0. The van der Waals surface area contributed by atoms with Gasteiger partial charge in [-0.1, -0.05) is 39.7 Å². The van der Waals surface area contributed by atoms with Crippen LogP contribution in [0.2, 0.25) is 5.02 Å². The van der Waals surface area contributed by atoms with E-state index in [1.165, 1.54) is 36.8 Å². The predicted molar refractivity (Wildman–Crippen MR) is 80.5 cm³/mol. The Morgan fingerprint density at radius 3 is 2.56 bits per heavy atom. The van der Waals surface area contributed by atoms with E-state index in [2.05, 4.69) is 46.0 Å². The third-order valence-corrected chi connectivity index (χ3v) is 5.49. The highest BCUT2D eigenvalue weighted by Gasteiger charge is 2.39. The number of aryl methyl sites for hydroxylation is 1. The Morgan fingerprint density at radius 1 is 1.28 bits per heavy atom. The Kier molecular flexibility index (Phi) is 3.70. The predicted octanol–water partition coefficient (Wildman–Crippen LogP) is 4.54. The van der Waals surface area contributed by atoms with E-state index in [4.69, 9.17) is 11.6 Å². The summed E-state index contributed by atoms with van der Waals surface area (Å²) in [5.74, 6) is 0. The second kappa shape index (κ2) is 5.15. The van der Waals surface area contributed by atoms with Crippen LogP contribution in [-0.4, -0.2) is 21.8 Å². The summed E-state index contributed by atoms with van der Waals surface area (Å²) in [5.41, 5.74) is 2.53. The molecule has 2 fully saturated rings. The maximum atomic E-state index is 6.36. The van der Waals surface area contributed by atoms with Gasteiger partial charge in [-0.15, -0.1) is 0 Å². The second-order valence-electron chi connectivity index (χ2n) is 5.72. The molecule has 0 N–H and O–H groups in total. The van der Waals surface area contributed by atoms with Crippen LogP contribution in [0.5, 0.6) is 0 Å². The van der Waals surface area contributed by atoms with E-state index in [1.54, 1.807) is 0 Å². The number of rotatable bonds is 2. The van der Waals surface area contributed by atoms with Gasteiger partial charge in [0.1, 0.15) is 0 Å². The Balaban J connectivity index is 1.77. The minimum atomic E-state index is 0.722. The number of hydrogen-bond donors (Lipinski definition) is 0. The first kappa shape index (κ1) is 13.0. The molecule has 1 nitrogen and oxygen atoms in total. The smallest absolute Gasteiger partial charge is 0.0453 e. The van der Waals surface area contributed by atoms with Gasteiger partial charge in [-0.3, -0.25) is 4.90 Å². The molecule has 2 aliphatic rings. The van der Waals surface area contributed by atoms with E-state index in [9.17, 15) is 0 Å². The maximum absolute atomic E-state index is 6.36. The molecule has 0 saturated carbocycles. The van der Waals surface area contributed by atoms with Crippen molar-refractivity contribution in [2.24, 2.45) is 0 Å². The van der Waals surface area contributed by atoms with Crippen molar-refractivity contribution in [3.8, 4) is 0 Å². The van der Waals surface area contributed by atoms with Gasteiger partial charge in [0.15, 0.2) is 0 Å². The van der Waals surface area contributed by atoms with Crippen LogP contribution in [0.1, 0.15) is 36.8 Å². The topological polar surface area (TPSA) is 3.24 Å². The quantitative estimate of drug-likeness (QED) is 0.721. The van der Waals surface area contributed by atoms with Gasteiger partial charge in [0.2, 0.25) is 0 Å². The van der Waals surface area contributed by atoms with Crippen molar-refractivity contribution >= 4 is 27.5 Å². The lowest BCUT2D eigenvalue weighted by atomic mass is 10.0. The second-order valence-corrected chi connectivity index (χ2v) is 7.42. The average Bonchev–Trinajstić information content (AvgIpc) is 2.56. The van der Waals surface area contributed by atoms with E-state index < -0.39 is 0 Å². The first-order valence-electron chi connectivity index (χ1n) is 6.78. The van der Waals surface area contributed by atoms with Gasteiger partial charge >= 0.3 is 0 Å². The summed E-state index contributed by atoms with van der Waals surface area (Å²) in [4.78, 5) is 3.40. The van der Waals surface area contributed by atoms with Crippen LogP contribution in [0.3, 0.4) is 0 Å². The fraction of sp³-hybridized carbons (Fsp3) is 0.600. The molecule has 1 aromatic rings. The summed E-state index contributed by atoms with van der Waals surface area (Å²) in [5, 5.41) is 0.926. The molecule has 3 rings (SSSR count). The minimum absolute atomic E-state index is 0.722. The van der Waals surface area contributed by atoms with Crippen LogP contribution in [-0.2, 0) is 6.54 Å². The van der Waals surface area contributed by atoms with Gasteiger partial charge in [-0.25, -0.2) is 0 Å². The van der Waals surface area contributed by atoms with E-state index in [0.29, 0.717) is 0 Å². The molecule has 1 aromatic carbocycles. The van der Waals surface area contributed by atoms with Gasteiger partial charge in [0.05, 0.1) is 0 Å². The lowest BCUT2D eigenvalue weighted by Gasteiger charge is -2.37. The molecule has 18 heavy (non-hydrogen) atoms. The molecule has 0 amide bonds. The number of hydrogen-bond acceptors (Lipinski definition) is 1. The number of fused-ring (bicyclic) bond motifs is 2. The summed E-state index contributed by atoms with van der Waals surface area (Å²) in [6.45, 7) is 3.11. The van der Waals surface area contributed by atoms with Crippen LogP contribution < -0.4 is 0 Å². The Hall–Kier alpha value is -0.0500. The van der Waals surface area contributed by atoms with E-state index in [-0.39, 0.29) is 0 Å². The number of alkyl halides is 1. The number of nitrogens with zero attached hydrogens (tertiary/aromatic N) is 1. The minimum Gasteiger partial charge on any atom is -0.293 e. The standard InChI is InChI=1S/C15H19BrClN/c1-10-2-3-11(15(17)6-10)9-18-13-4-5-14(18)8-12(16)7-13/h2-3,6,12-14H,4-5,7-9H2,1H3. The number of benzene rings is 1. The summed E-state index contributed by atoms with van der Waals surface area (Å²) in [6, 6.07) is 7.95. The lowest BCUT2D eigenvalue weighted by molar-refractivity contribution is 0.137. The maximum Gasteiger partial charge on any atom is 0.0453 e. The molecule has 2 aliphatic heterocycles. The van der Waals surface area contributed by atoms with Crippen molar-refractivity contribution in [1.29, 1.82) is 0 Å². The molecule has 0 radical (unpaired) electrons. The van der Waals surface area contributed by atoms with Crippen LogP contribution in [0, 0.1) is 6.92 Å². The molecule has 2 atom stereocenters. The molecule has 0 aromatic heterocycles. The fourth-order valence-electron chi connectivity index (χ4n) is 3.44. The van der Waals surface area contributed by atoms with Gasteiger partial charge in [-0.2, -0.15) is 0 Å². The largest absolute Gasteiger partial charge is 0.293 e. The first-order chi connectivity index (χ1) is 8.63. The van der Waals surface area contributed by atoms with E-state index >= 15 is 0 Å². The SMILES string of the molecule is Cc1ccc(CN2C3CCC2CC(Br)C3)c(Cl)c1. The van der Waals surface area contributed by atoms with Crippen molar-refractivity contribution < 1.29 is 0 Å². The molecular weight excluding hydrogens is 310 g/mol. The lowest BCUT2D eigenvalue weighted by Crippen LogP contribution is -2.42. The highest BCUT2D eigenvalue weighted by atomic mass is 79.9. The molecule has 98 valence electrons. The number of halogens is 2. The van der Waals surface area contributed by atoms with Crippen LogP contribution in [0.25, 0.3) is 0 Å². The molecule has 2 unspecified atom stereocenters. The molecular formula is C15H19BrClN. The molecule has 2 heterocycles. The monoisotopic (exact) mass is 327 g/mol. The van der Waals surface area contributed by atoms with Gasteiger partial charge in [-0.05, 0) is 49.8 Å². The zero-order chi connectivity index (χ0) is 12.7. The van der Waals surface area contributed by atoms with Crippen molar-refractivity contribution in [3.05, 3.63) is 34.3 Å². The molecule has 2 saturated heterocycles. The Labute approximate surface area is 123 Å². The van der Waals surface area contributed by atoms with Crippen LogP contribution >= 0.6 is 27.5 Å². The third-order valence-electron chi connectivity index (χ3n) is 4.39. The first-order valence-corrected chi connectivity index (χ1v) is 8.07. The molecule has 3 heteroatoms. The highest BCUT2D eigenvalue weighted by Crippen LogP contribution is 2.39. The van der Waals surface area contributed by atoms with Crippen molar-refractivity contribution in [1.82, 2.24) is 4.90 Å². The van der Waals surface area contributed by atoms with Crippen molar-refractivity contribution in [2.45, 2.75) is 56.1 Å². The average molecular weight is 329 g/mol. The third kappa shape index (κ3) is 2.48. The van der Waals surface area contributed by atoms with Crippen molar-refractivity contribution in [2.75, 3.05) is 0 Å². The zero-order valence-electron chi connectivity index (χ0n) is 10.7. The summed E-state index contributed by atoms with van der Waals surface area (Å²) >= 11 is 10.2. The van der Waals surface area contributed by atoms with Gasteiger partial charge in [0, 0.05) is 28.5 Å². The number of piperidine rings is 1. The Bertz CT molecular complexity index is 434. The van der Waals surface area contributed by atoms with Crippen LogP contribution in [0.4, 0.5) is 0 Å². The summed E-state index contributed by atoms with van der Waals surface area (Å²) in [6.07, 6.45) is 5.30. The Morgan fingerprint density at radius 2 is 1.94 bits per heavy atom. The molecule has 0 spiro atoms. The zero-order valence-corrected chi connectivity index (χ0v) is 13.0. The summed E-state index contributed by atoms with van der Waals surface area (Å²) in [7, 11) is 0. The molecule has 2 bridgehead atoms. The fourth-order valence-corrected chi connectivity index (χ4v) is 4.60. The highest BCUT2D eigenvalue weighted by molar-refractivity contribution is 9.09. The molecule has 0 aliphatic carbocycles. The van der Waals surface area contributed by atoms with Gasteiger partial charge in [0.25, 0.3) is 0 Å². The van der Waals surface area contributed by atoms with Crippen LogP contribution in [0.15, 0.2) is 18.2 Å². The normalized spacial score (nSPS) is 31.8. The van der Waals surface area contributed by atoms with Crippen molar-refractivity contribution in [3.63, 3.8) is 0 Å². The van der Waals surface area contributed by atoms with E-state index in [1.807, 2.05) is 0 Å².